The van der Waals surface area contributed by atoms with E-state index in [2.05, 4.69) is 28.9 Å². The van der Waals surface area contributed by atoms with Crippen molar-refractivity contribution in [3.8, 4) is 23.3 Å². The predicted octanol–water partition coefficient (Wildman–Crippen LogP) is 2.21. The molecular formula is C15H15N3O3S. The van der Waals surface area contributed by atoms with Crippen LogP contribution >= 0.6 is 11.8 Å². The summed E-state index contributed by atoms with van der Waals surface area (Å²) in [6, 6.07) is 3.54. The monoisotopic (exact) mass is 317 g/mol. The lowest BCUT2D eigenvalue weighted by Gasteiger charge is -2.19. The average Bonchev–Trinajstić information content (AvgIpc) is 3.12. The molecule has 6 nitrogen and oxygen atoms in total. The second-order valence-corrected chi connectivity index (χ2v) is 5.63. The molecule has 0 spiro atoms. The van der Waals surface area contributed by atoms with Crippen LogP contribution in [0.1, 0.15) is 6.92 Å². The SMILES string of the molecule is C=Nc1c(SCN2C(=O)NCC2C#CC)ccc2c1OCO2. The Kier molecular flexibility index (Phi) is 4.11. The third-order valence-electron chi connectivity index (χ3n) is 3.39. The maximum atomic E-state index is 11.9. The Bertz CT molecular complexity index is 681. The average molecular weight is 317 g/mol. The van der Waals surface area contributed by atoms with Gasteiger partial charge in [0.2, 0.25) is 6.79 Å². The molecule has 1 unspecified atom stereocenters. The summed E-state index contributed by atoms with van der Waals surface area (Å²) in [5.41, 5.74) is 0.651. The number of aliphatic imine (C=N–C) groups is 1. The van der Waals surface area contributed by atoms with Crippen molar-refractivity contribution in [2.45, 2.75) is 17.9 Å². The highest BCUT2D eigenvalue weighted by Gasteiger charge is 2.29. The van der Waals surface area contributed by atoms with E-state index in [1.807, 2.05) is 12.1 Å². The molecule has 2 aliphatic heterocycles. The number of hydrogen-bond donors (Lipinski definition) is 1. The van der Waals surface area contributed by atoms with Gasteiger partial charge in [0, 0.05) is 4.90 Å². The van der Waals surface area contributed by atoms with Gasteiger partial charge in [-0.15, -0.1) is 17.7 Å². The van der Waals surface area contributed by atoms with Crippen LogP contribution in [0.15, 0.2) is 22.0 Å². The number of carbonyl (C=O) groups excluding carboxylic acids is 1. The zero-order valence-corrected chi connectivity index (χ0v) is 12.9. The molecule has 1 atom stereocenters. The van der Waals surface area contributed by atoms with Gasteiger partial charge in [-0.25, -0.2) is 4.79 Å². The Hall–Kier alpha value is -2.33. The van der Waals surface area contributed by atoms with Crippen LogP contribution in [-0.2, 0) is 0 Å². The summed E-state index contributed by atoms with van der Waals surface area (Å²) in [6.07, 6.45) is 0. The Morgan fingerprint density at radius 3 is 3.18 bits per heavy atom. The van der Waals surface area contributed by atoms with Gasteiger partial charge >= 0.3 is 6.03 Å². The van der Waals surface area contributed by atoms with Gasteiger partial charge < -0.3 is 14.8 Å². The molecule has 3 rings (SSSR count). The summed E-state index contributed by atoms with van der Waals surface area (Å²) in [7, 11) is 0. The molecule has 0 aliphatic carbocycles. The number of rotatable bonds is 4. The molecule has 1 aromatic rings. The van der Waals surface area contributed by atoms with Crippen molar-refractivity contribution in [1.82, 2.24) is 10.2 Å². The molecule has 1 N–H and O–H groups in total. The summed E-state index contributed by atoms with van der Waals surface area (Å²) in [5, 5.41) is 2.80. The predicted molar refractivity (Wildman–Crippen MR) is 85.0 cm³/mol. The second-order valence-electron chi connectivity index (χ2n) is 4.64. The first-order valence-electron chi connectivity index (χ1n) is 6.73. The van der Waals surface area contributed by atoms with Crippen molar-refractivity contribution in [2.75, 3.05) is 19.2 Å². The molecule has 2 amide bonds. The highest BCUT2D eigenvalue weighted by atomic mass is 32.2. The number of fused-ring (bicyclic) bond motifs is 1. The molecule has 1 saturated heterocycles. The van der Waals surface area contributed by atoms with Crippen LogP contribution in [0.25, 0.3) is 0 Å². The van der Waals surface area contributed by atoms with Crippen molar-refractivity contribution in [3.63, 3.8) is 0 Å². The lowest BCUT2D eigenvalue weighted by atomic mass is 10.3. The lowest BCUT2D eigenvalue weighted by molar-refractivity contribution is 0.174. The van der Waals surface area contributed by atoms with Crippen LogP contribution < -0.4 is 14.8 Å². The molecule has 0 radical (unpaired) electrons. The first kappa shape index (κ1) is 14.6. The molecule has 1 fully saturated rings. The normalized spacial score (nSPS) is 18.7. The van der Waals surface area contributed by atoms with Crippen LogP contribution in [0, 0.1) is 11.8 Å². The van der Waals surface area contributed by atoms with E-state index < -0.39 is 0 Å². The topological polar surface area (TPSA) is 63.2 Å². The summed E-state index contributed by atoms with van der Waals surface area (Å²) in [5.74, 6) is 7.64. The molecule has 1 aromatic carbocycles. The first-order valence-corrected chi connectivity index (χ1v) is 7.72. The van der Waals surface area contributed by atoms with Gasteiger partial charge in [0.15, 0.2) is 11.5 Å². The van der Waals surface area contributed by atoms with Gasteiger partial charge in [-0.2, -0.15) is 0 Å². The van der Waals surface area contributed by atoms with E-state index in [9.17, 15) is 4.79 Å². The van der Waals surface area contributed by atoms with Crippen LogP contribution in [0.3, 0.4) is 0 Å². The van der Waals surface area contributed by atoms with Gasteiger partial charge in [0.25, 0.3) is 0 Å². The molecular weight excluding hydrogens is 302 g/mol. The number of urea groups is 1. The molecule has 2 heterocycles. The van der Waals surface area contributed by atoms with E-state index in [1.54, 1.807) is 11.8 Å². The molecule has 0 saturated carbocycles. The fourth-order valence-corrected chi connectivity index (χ4v) is 3.36. The number of nitrogens with zero attached hydrogens (tertiary/aromatic N) is 2. The Balaban J connectivity index is 1.77. The number of hydrogen-bond acceptors (Lipinski definition) is 5. The second kappa shape index (κ2) is 6.20. The first-order chi connectivity index (χ1) is 10.7. The van der Waals surface area contributed by atoms with Crippen LogP contribution in [0.4, 0.5) is 10.5 Å². The van der Waals surface area contributed by atoms with Gasteiger partial charge in [-0.05, 0) is 25.8 Å². The maximum Gasteiger partial charge on any atom is 0.319 e. The van der Waals surface area contributed by atoms with Crippen LogP contribution in [0.5, 0.6) is 11.5 Å². The molecule has 22 heavy (non-hydrogen) atoms. The van der Waals surface area contributed by atoms with Crippen molar-refractivity contribution in [1.29, 1.82) is 0 Å². The minimum Gasteiger partial charge on any atom is -0.454 e. The smallest absolute Gasteiger partial charge is 0.319 e. The highest BCUT2D eigenvalue weighted by Crippen LogP contribution is 2.46. The minimum absolute atomic E-state index is 0.0980. The quantitative estimate of drug-likeness (QED) is 0.525. The molecule has 7 heteroatoms. The fourth-order valence-electron chi connectivity index (χ4n) is 2.33. The summed E-state index contributed by atoms with van der Waals surface area (Å²) >= 11 is 1.50. The van der Waals surface area contributed by atoms with Crippen LogP contribution in [0.2, 0.25) is 0 Å². The third-order valence-corrected chi connectivity index (χ3v) is 4.44. The van der Waals surface area contributed by atoms with Crippen molar-refractivity contribution in [3.05, 3.63) is 12.1 Å². The number of amides is 2. The van der Waals surface area contributed by atoms with Crippen molar-refractivity contribution >= 4 is 30.2 Å². The Morgan fingerprint density at radius 2 is 2.41 bits per heavy atom. The zero-order chi connectivity index (χ0) is 15.5. The standard InChI is InChI=1S/C15H15N3O3S/c1-3-4-10-7-17-15(19)18(10)8-22-12-6-5-11-14(13(12)16-2)21-9-20-11/h5-6,10H,2,7-9H2,1H3,(H,17,19). The largest absolute Gasteiger partial charge is 0.454 e. The van der Waals surface area contributed by atoms with Gasteiger partial charge in [-0.3, -0.25) is 9.89 Å². The van der Waals surface area contributed by atoms with E-state index in [4.69, 9.17) is 9.47 Å². The van der Waals surface area contributed by atoms with E-state index in [1.165, 1.54) is 11.8 Å². The number of nitrogens with one attached hydrogen (secondary N) is 1. The van der Waals surface area contributed by atoms with E-state index in [-0.39, 0.29) is 18.9 Å². The summed E-state index contributed by atoms with van der Waals surface area (Å²) in [4.78, 5) is 18.5. The minimum atomic E-state index is -0.103. The fraction of sp³-hybridized carbons (Fsp3) is 0.333. The molecule has 114 valence electrons. The number of ether oxygens (including phenoxy) is 2. The van der Waals surface area contributed by atoms with E-state index in [0.29, 0.717) is 29.6 Å². The van der Waals surface area contributed by atoms with Crippen molar-refractivity contribution < 1.29 is 14.3 Å². The Morgan fingerprint density at radius 1 is 1.55 bits per heavy atom. The van der Waals surface area contributed by atoms with Crippen molar-refractivity contribution in [2.24, 2.45) is 4.99 Å². The number of benzene rings is 1. The number of thioether (sulfide) groups is 1. The maximum absolute atomic E-state index is 11.9. The van der Waals surface area contributed by atoms with Gasteiger partial charge in [-0.1, -0.05) is 5.92 Å². The summed E-state index contributed by atoms with van der Waals surface area (Å²) < 4.78 is 10.8. The van der Waals surface area contributed by atoms with E-state index >= 15 is 0 Å². The number of carbonyl (C=O) groups is 1. The van der Waals surface area contributed by atoms with Gasteiger partial charge in [0.1, 0.15) is 11.7 Å². The highest BCUT2D eigenvalue weighted by molar-refractivity contribution is 7.99. The Labute approximate surface area is 132 Å². The summed E-state index contributed by atoms with van der Waals surface area (Å²) in [6.45, 7) is 6.10. The third kappa shape index (κ3) is 2.57. The van der Waals surface area contributed by atoms with Crippen LogP contribution in [-0.4, -0.2) is 42.9 Å². The van der Waals surface area contributed by atoms with E-state index in [0.717, 1.165) is 4.90 Å². The molecule has 2 aliphatic rings. The molecule has 0 aromatic heterocycles. The van der Waals surface area contributed by atoms with Gasteiger partial charge in [0.05, 0.1) is 12.4 Å². The molecule has 0 bridgehead atoms. The zero-order valence-electron chi connectivity index (χ0n) is 12.1. The lowest BCUT2D eigenvalue weighted by Crippen LogP contribution is -2.32.